The monoisotopic (exact) mass is 252 g/mol. The van der Waals surface area contributed by atoms with Crippen molar-refractivity contribution in [3.8, 4) is 0 Å². The summed E-state index contributed by atoms with van der Waals surface area (Å²) in [4.78, 5) is 24.5. The Kier molecular flexibility index (Phi) is 2.40. The van der Waals surface area contributed by atoms with Crippen LogP contribution in [0, 0.1) is 11.8 Å². The van der Waals surface area contributed by atoms with Crippen molar-refractivity contribution in [3.05, 3.63) is 12.2 Å². The second-order valence-corrected chi connectivity index (χ2v) is 5.01. The first-order chi connectivity index (χ1) is 8.60. The number of carbonyl (C=O) groups is 2. The van der Waals surface area contributed by atoms with Crippen molar-refractivity contribution in [1.82, 2.24) is 0 Å². The third kappa shape index (κ3) is 1.23. The van der Waals surface area contributed by atoms with E-state index in [1.165, 1.54) is 7.11 Å². The number of Topliss-reactive ketones (excluding diaryl/α,β-unsaturated/α-hetero) is 1. The molecule has 0 N–H and O–H groups in total. The van der Waals surface area contributed by atoms with E-state index >= 15 is 0 Å². The molecule has 5 heteroatoms. The lowest BCUT2D eigenvalue weighted by atomic mass is 9.60. The van der Waals surface area contributed by atoms with Gasteiger partial charge in [0.1, 0.15) is 0 Å². The summed E-state index contributed by atoms with van der Waals surface area (Å²) >= 11 is 0. The number of hydrogen-bond acceptors (Lipinski definition) is 5. The number of carbonyl (C=O) groups excluding carboxylic acids is 2. The Balaban J connectivity index is 1.99. The quantitative estimate of drug-likeness (QED) is 0.415. The minimum Gasteiger partial charge on any atom is -0.466 e. The molecule has 0 aromatic carbocycles. The van der Waals surface area contributed by atoms with E-state index < -0.39 is 17.1 Å². The van der Waals surface area contributed by atoms with Gasteiger partial charge < -0.3 is 14.2 Å². The molecule has 4 aliphatic rings. The summed E-state index contributed by atoms with van der Waals surface area (Å²) in [5, 5.41) is 0. The summed E-state index contributed by atoms with van der Waals surface area (Å²) in [5.41, 5.74) is -1.93. The summed E-state index contributed by atoms with van der Waals surface area (Å²) < 4.78 is 15.8. The lowest BCUT2D eigenvalue weighted by molar-refractivity contribution is -0.175. The van der Waals surface area contributed by atoms with Gasteiger partial charge in [0.2, 0.25) is 5.78 Å². The zero-order chi connectivity index (χ0) is 13.0. The zero-order valence-electron chi connectivity index (χ0n) is 10.5. The highest BCUT2D eigenvalue weighted by atomic mass is 16.6. The average molecular weight is 252 g/mol. The highest BCUT2D eigenvalue weighted by Crippen LogP contribution is 2.55. The van der Waals surface area contributed by atoms with Crippen LogP contribution in [0.25, 0.3) is 0 Å². The Morgan fingerprint density at radius 3 is 2.89 bits per heavy atom. The first-order valence-corrected chi connectivity index (χ1v) is 6.20. The van der Waals surface area contributed by atoms with E-state index in [-0.39, 0.29) is 17.7 Å². The standard InChI is InChI=1S/C13H16O5/c1-3-17-10(14)9-6-8-4-5-12(9,16-2)11(15)13(8)7-18-13/h4-5,8-9H,3,6-7H2,1-2H3/t8-,9-,12-,13+/m1/s1. The Bertz CT molecular complexity index is 437. The van der Waals surface area contributed by atoms with Crippen LogP contribution in [0.4, 0.5) is 0 Å². The Hall–Kier alpha value is -1.20. The van der Waals surface area contributed by atoms with E-state index in [0.29, 0.717) is 19.6 Å². The minimum atomic E-state index is -1.20. The van der Waals surface area contributed by atoms with Crippen LogP contribution < -0.4 is 0 Å². The van der Waals surface area contributed by atoms with Crippen LogP contribution in [0.15, 0.2) is 12.2 Å². The summed E-state index contributed by atoms with van der Waals surface area (Å²) in [6.07, 6.45) is 4.19. The molecule has 0 aromatic heterocycles. The van der Waals surface area contributed by atoms with E-state index in [1.807, 2.05) is 6.08 Å². The zero-order valence-corrected chi connectivity index (χ0v) is 10.5. The fourth-order valence-corrected chi connectivity index (χ4v) is 3.20. The van der Waals surface area contributed by atoms with Crippen molar-refractivity contribution >= 4 is 11.8 Å². The van der Waals surface area contributed by atoms with E-state index in [1.54, 1.807) is 13.0 Å². The highest BCUT2D eigenvalue weighted by Gasteiger charge is 2.72. The molecule has 3 aliphatic carbocycles. The summed E-state index contributed by atoms with van der Waals surface area (Å²) in [7, 11) is 1.45. The van der Waals surface area contributed by atoms with Crippen LogP contribution in [0.1, 0.15) is 13.3 Å². The van der Waals surface area contributed by atoms with E-state index in [9.17, 15) is 9.59 Å². The van der Waals surface area contributed by atoms with E-state index in [2.05, 4.69) is 0 Å². The normalized spacial score (nSPS) is 44.4. The third-order valence-electron chi connectivity index (χ3n) is 4.29. The lowest BCUT2D eigenvalue weighted by Crippen LogP contribution is -2.64. The molecule has 18 heavy (non-hydrogen) atoms. The van der Waals surface area contributed by atoms with Crippen LogP contribution >= 0.6 is 0 Å². The van der Waals surface area contributed by atoms with Crippen LogP contribution in [0.5, 0.6) is 0 Å². The van der Waals surface area contributed by atoms with Gasteiger partial charge in [-0.2, -0.15) is 0 Å². The smallest absolute Gasteiger partial charge is 0.312 e. The number of methoxy groups -OCH3 is 1. The number of rotatable bonds is 3. The second-order valence-electron chi connectivity index (χ2n) is 5.01. The lowest BCUT2D eigenvalue weighted by Gasteiger charge is -2.47. The molecular weight excluding hydrogens is 236 g/mol. The SMILES string of the molecule is CCOC(=O)[C@H]1C[C@H]2C=C[C@]1(OC)C(=O)[C@]21CO1. The fraction of sp³-hybridized carbons (Fsp3) is 0.692. The highest BCUT2D eigenvalue weighted by molar-refractivity contribution is 6.04. The third-order valence-corrected chi connectivity index (χ3v) is 4.29. The molecule has 0 amide bonds. The second kappa shape index (κ2) is 3.65. The van der Waals surface area contributed by atoms with Crippen molar-refractivity contribution in [2.24, 2.45) is 11.8 Å². The maximum atomic E-state index is 12.5. The largest absolute Gasteiger partial charge is 0.466 e. The first-order valence-electron chi connectivity index (χ1n) is 6.20. The maximum absolute atomic E-state index is 12.5. The average Bonchev–Trinajstić information content (AvgIpc) is 3.17. The van der Waals surface area contributed by atoms with Gasteiger partial charge in [0, 0.05) is 13.0 Å². The van der Waals surface area contributed by atoms with E-state index in [0.717, 1.165) is 0 Å². The van der Waals surface area contributed by atoms with Gasteiger partial charge in [0.15, 0.2) is 11.2 Å². The number of ether oxygens (including phenoxy) is 3. The Labute approximate surface area is 105 Å². The molecular formula is C13H16O5. The van der Waals surface area contributed by atoms with E-state index in [4.69, 9.17) is 14.2 Å². The van der Waals surface area contributed by atoms with Crippen molar-refractivity contribution < 1.29 is 23.8 Å². The van der Waals surface area contributed by atoms with Gasteiger partial charge in [-0.15, -0.1) is 0 Å². The molecule has 4 rings (SSSR count). The van der Waals surface area contributed by atoms with Gasteiger partial charge in [-0.3, -0.25) is 9.59 Å². The Morgan fingerprint density at radius 2 is 2.33 bits per heavy atom. The molecule has 0 unspecified atom stereocenters. The van der Waals surface area contributed by atoms with Crippen LogP contribution in [0.2, 0.25) is 0 Å². The van der Waals surface area contributed by atoms with Crippen molar-refractivity contribution in [1.29, 1.82) is 0 Å². The molecule has 0 aromatic rings. The number of hydrogen-bond donors (Lipinski definition) is 0. The predicted octanol–water partition coefficient (Wildman–Crippen LogP) is 0.479. The summed E-state index contributed by atoms with van der Waals surface area (Å²) in [5.74, 6) is -1.08. The minimum absolute atomic E-state index is 0.0311. The van der Waals surface area contributed by atoms with Gasteiger partial charge in [-0.05, 0) is 19.4 Å². The number of fused-ring (bicyclic) bond motifs is 1. The molecule has 1 saturated carbocycles. The van der Waals surface area contributed by atoms with Gasteiger partial charge >= 0.3 is 5.97 Å². The molecule has 0 radical (unpaired) electrons. The topological polar surface area (TPSA) is 65.1 Å². The van der Waals surface area contributed by atoms with Crippen molar-refractivity contribution in [2.45, 2.75) is 24.5 Å². The molecule has 2 fully saturated rings. The van der Waals surface area contributed by atoms with Gasteiger partial charge in [0.25, 0.3) is 0 Å². The summed E-state index contributed by atoms with van der Waals surface area (Å²) in [6.45, 7) is 2.49. The van der Waals surface area contributed by atoms with Gasteiger partial charge in [-0.25, -0.2) is 0 Å². The number of epoxide rings is 1. The van der Waals surface area contributed by atoms with Crippen molar-refractivity contribution in [3.63, 3.8) is 0 Å². The number of ketones is 1. The molecule has 5 nitrogen and oxygen atoms in total. The molecule has 98 valence electrons. The molecule has 4 atom stereocenters. The first kappa shape index (κ1) is 11.9. The molecule has 1 heterocycles. The van der Waals surface area contributed by atoms with Gasteiger partial charge in [0.05, 0.1) is 19.1 Å². The van der Waals surface area contributed by atoms with Crippen LogP contribution in [-0.2, 0) is 23.8 Å². The van der Waals surface area contributed by atoms with Crippen LogP contribution in [0.3, 0.4) is 0 Å². The Morgan fingerprint density at radius 1 is 1.61 bits per heavy atom. The summed E-state index contributed by atoms with van der Waals surface area (Å²) in [6, 6.07) is 0. The van der Waals surface area contributed by atoms with Gasteiger partial charge in [-0.1, -0.05) is 6.08 Å². The molecule has 1 saturated heterocycles. The maximum Gasteiger partial charge on any atom is 0.312 e. The predicted molar refractivity (Wildman–Crippen MR) is 60.8 cm³/mol. The fourth-order valence-electron chi connectivity index (χ4n) is 3.20. The number of esters is 1. The molecule has 1 aliphatic heterocycles. The molecule has 1 spiro atoms. The van der Waals surface area contributed by atoms with Crippen LogP contribution in [-0.4, -0.2) is 43.3 Å². The van der Waals surface area contributed by atoms with Crippen molar-refractivity contribution in [2.75, 3.05) is 20.3 Å². The molecule has 2 bridgehead atoms.